The summed E-state index contributed by atoms with van der Waals surface area (Å²) < 4.78 is 10.6. The number of benzene rings is 2. The highest BCUT2D eigenvalue weighted by molar-refractivity contribution is 8.00. The van der Waals surface area contributed by atoms with E-state index in [2.05, 4.69) is 10.3 Å². The summed E-state index contributed by atoms with van der Waals surface area (Å²) in [6.07, 6.45) is 1.76. The average Bonchev–Trinajstić information content (AvgIpc) is 3.07. The summed E-state index contributed by atoms with van der Waals surface area (Å²) >= 11 is 1.47. The van der Waals surface area contributed by atoms with E-state index in [0.717, 1.165) is 15.8 Å². The van der Waals surface area contributed by atoms with Crippen LogP contribution in [0.2, 0.25) is 0 Å². The highest BCUT2D eigenvalue weighted by Gasteiger charge is 2.14. The van der Waals surface area contributed by atoms with Gasteiger partial charge in [0.15, 0.2) is 11.5 Å². The second-order valence-corrected chi connectivity index (χ2v) is 6.25. The van der Waals surface area contributed by atoms with Crippen LogP contribution in [0.1, 0.15) is 0 Å². The molecule has 0 spiro atoms. The maximum absolute atomic E-state index is 12.2. The third-order valence-electron chi connectivity index (χ3n) is 3.61. The lowest BCUT2D eigenvalue weighted by Crippen LogP contribution is -2.13. The van der Waals surface area contributed by atoms with Crippen molar-refractivity contribution in [3.63, 3.8) is 0 Å². The van der Waals surface area contributed by atoms with Gasteiger partial charge in [-0.05, 0) is 24.3 Å². The van der Waals surface area contributed by atoms with Crippen LogP contribution in [0.4, 0.5) is 5.69 Å². The molecule has 0 radical (unpaired) electrons. The fourth-order valence-electron chi connectivity index (χ4n) is 2.51. The first-order chi connectivity index (χ1) is 11.8. The number of nitrogens with one attached hydrogen (secondary N) is 1. The molecule has 1 amide bonds. The molecule has 5 nitrogen and oxygen atoms in total. The Hall–Kier alpha value is -2.73. The third kappa shape index (κ3) is 3.00. The van der Waals surface area contributed by atoms with Gasteiger partial charge in [-0.1, -0.05) is 18.2 Å². The molecule has 0 saturated heterocycles. The normalized spacial score (nSPS) is 12.3. The molecule has 0 saturated carbocycles. The van der Waals surface area contributed by atoms with Gasteiger partial charge >= 0.3 is 0 Å². The monoisotopic (exact) mass is 338 g/mol. The van der Waals surface area contributed by atoms with Crippen LogP contribution in [0.5, 0.6) is 11.5 Å². The minimum absolute atomic E-state index is 0.0770. The van der Waals surface area contributed by atoms with Crippen molar-refractivity contribution in [2.75, 3.05) is 17.9 Å². The smallest absolute Gasteiger partial charge is 0.234 e. The van der Waals surface area contributed by atoms with E-state index in [-0.39, 0.29) is 12.7 Å². The van der Waals surface area contributed by atoms with Crippen molar-refractivity contribution in [1.82, 2.24) is 4.98 Å². The van der Waals surface area contributed by atoms with Crippen LogP contribution in [0.15, 0.2) is 59.6 Å². The molecule has 3 aromatic rings. The van der Waals surface area contributed by atoms with E-state index in [4.69, 9.17) is 9.47 Å². The molecule has 4 rings (SSSR count). The first kappa shape index (κ1) is 14.8. The zero-order chi connectivity index (χ0) is 16.4. The largest absolute Gasteiger partial charge is 0.454 e. The van der Waals surface area contributed by atoms with E-state index in [0.29, 0.717) is 22.9 Å². The van der Waals surface area contributed by atoms with Gasteiger partial charge in [-0.25, -0.2) is 0 Å². The van der Waals surface area contributed by atoms with Crippen molar-refractivity contribution in [3.05, 3.63) is 54.7 Å². The van der Waals surface area contributed by atoms with Crippen molar-refractivity contribution >= 4 is 34.3 Å². The van der Waals surface area contributed by atoms with Gasteiger partial charge in [-0.2, -0.15) is 0 Å². The molecular formula is C18H14N2O3S. The van der Waals surface area contributed by atoms with Crippen LogP contribution in [-0.4, -0.2) is 23.4 Å². The van der Waals surface area contributed by atoms with Gasteiger partial charge in [0.05, 0.1) is 11.3 Å². The number of hydrogen-bond acceptors (Lipinski definition) is 5. The first-order valence-electron chi connectivity index (χ1n) is 7.46. The Morgan fingerprint density at radius 3 is 2.96 bits per heavy atom. The molecule has 1 aliphatic rings. The van der Waals surface area contributed by atoms with Crippen LogP contribution in [0.3, 0.4) is 0 Å². The number of hydrogen-bond donors (Lipinski definition) is 1. The SMILES string of the molecule is O=C(CSc1cccc2cccnc12)Nc1ccc2c(c1)OCO2. The van der Waals surface area contributed by atoms with Crippen molar-refractivity contribution in [3.8, 4) is 11.5 Å². The summed E-state index contributed by atoms with van der Waals surface area (Å²) in [4.78, 5) is 17.6. The van der Waals surface area contributed by atoms with Crippen molar-refractivity contribution < 1.29 is 14.3 Å². The summed E-state index contributed by atoms with van der Waals surface area (Å²) in [5.74, 6) is 1.58. The first-order valence-corrected chi connectivity index (χ1v) is 8.44. The Morgan fingerprint density at radius 2 is 2.00 bits per heavy atom. The number of fused-ring (bicyclic) bond motifs is 2. The number of carbonyl (C=O) groups is 1. The van der Waals surface area contributed by atoms with Crippen molar-refractivity contribution in [2.24, 2.45) is 0 Å². The van der Waals surface area contributed by atoms with E-state index in [9.17, 15) is 4.79 Å². The zero-order valence-corrected chi connectivity index (χ0v) is 13.5. The molecule has 24 heavy (non-hydrogen) atoms. The van der Waals surface area contributed by atoms with Gasteiger partial charge in [-0.15, -0.1) is 11.8 Å². The minimum Gasteiger partial charge on any atom is -0.454 e. The Morgan fingerprint density at radius 1 is 1.12 bits per heavy atom. The number of pyridine rings is 1. The van der Waals surface area contributed by atoms with Crippen LogP contribution in [-0.2, 0) is 4.79 Å². The summed E-state index contributed by atoms with van der Waals surface area (Å²) in [6, 6.07) is 15.2. The van der Waals surface area contributed by atoms with Gasteiger partial charge in [0, 0.05) is 28.2 Å². The topological polar surface area (TPSA) is 60.5 Å². The number of para-hydroxylation sites is 1. The Balaban J connectivity index is 1.43. The van der Waals surface area contributed by atoms with Gasteiger partial charge in [-0.3, -0.25) is 9.78 Å². The maximum Gasteiger partial charge on any atom is 0.234 e. The van der Waals surface area contributed by atoms with Crippen molar-refractivity contribution in [1.29, 1.82) is 0 Å². The Labute approximate surface area is 143 Å². The second-order valence-electron chi connectivity index (χ2n) is 5.24. The van der Waals surface area contributed by atoms with E-state index < -0.39 is 0 Å². The molecule has 0 aliphatic carbocycles. The van der Waals surface area contributed by atoms with Gasteiger partial charge in [0.1, 0.15) is 0 Å². The average molecular weight is 338 g/mol. The molecule has 0 fully saturated rings. The molecule has 120 valence electrons. The molecule has 2 heterocycles. The number of amides is 1. The van der Waals surface area contributed by atoms with Crippen LogP contribution >= 0.6 is 11.8 Å². The number of aromatic nitrogens is 1. The van der Waals surface area contributed by atoms with Gasteiger partial charge in [0.2, 0.25) is 12.7 Å². The Kier molecular flexibility index (Phi) is 3.96. The van der Waals surface area contributed by atoms with Crippen LogP contribution in [0.25, 0.3) is 10.9 Å². The van der Waals surface area contributed by atoms with Crippen molar-refractivity contribution in [2.45, 2.75) is 4.90 Å². The van der Waals surface area contributed by atoms with E-state index in [1.807, 2.05) is 30.3 Å². The summed E-state index contributed by atoms with van der Waals surface area (Å²) in [5.41, 5.74) is 1.61. The Bertz CT molecular complexity index is 908. The lowest BCUT2D eigenvalue weighted by Gasteiger charge is -2.07. The van der Waals surface area contributed by atoms with E-state index in [1.54, 1.807) is 24.4 Å². The molecule has 0 bridgehead atoms. The van der Waals surface area contributed by atoms with Crippen LogP contribution in [0, 0.1) is 0 Å². The molecule has 0 atom stereocenters. The molecular weight excluding hydrogens is 324 g/mol. The maximum atomic E-state index is 12.2. The highest BCUT2D eigenvalue weighted by Crippen LogP contribution is 2.34. The summed E-state index contributed by atoms with van der Waals surface area (Å²) in [5, 5.41) is 3.94. The number of thioether (sulfide) groups is 1. The second kappa shape index (κ2) is 6.41. The lowest BCUT2D eigenvalue weighted by molar-refractivity contribution is -0.113. The number of ether oxygens (including phenoxy) is 2. The molecule has 0 unspecified atom stereocenters. The lowest BCUT2D eigenvalue weighted by atomic mass is 10.2. The fourth-order valence-corrected chi connectivity index (χ4v) is 3.35. The predicted molar refractivity (Wildman–Crippen MR) is 93.7 cm³/mol. The summed E-state index contributed by atoms with van der Waals surface area (Å²) in [6.45, 7) is 0.219. The van der Waals surface area contributed by atoms with Gasteiger partial charge in [0.25, 0.3) is 0 Å². The number of nitrogens with zero attached hydrogens (tertiary/aromatic N) is 1. The fraction of sp³-hybridized carbons (Fsp3) is 0.111. The van der Waals surface area contributed by atoms with E-state index in [1.165, 1.54) is 11.8 Å². The van der Waals surface area contributed by atoms with Gasteiger partial charge < -0.3 is 14.8 Å². The summed E-state index contributed by atoms with van der Waals surface area (Å²) in [7, 11) is 0. The van der Waals surface area contributed by atoms with Crippen LogP contribution < -0.4 is 14.8 Å². The minimum atomic E-state index is -0.0770. The molecule has 6 heteroatoms. The standard InChI is InChI=1S/C18H14N2O3S/c21-17(20-13-6-7-14-15(9-13)23-11-22-14)10-24-16-5-1-3-12-4-2-8-19-18(12)16/h1-9H,10-11H2,(H,20,21). The zero-order valence-electron chi connectivity index (χ0n) is 12.7. The van der Waals surface area contributed by atoms with E-state index >= 15 is 0 Å². The molecule has 2 aromatic carbocycles. The number of carbonyl (C=O) groups excluding carboxylic acids is 1. The molecule has 1 aromatic heterocycles. The highest BCUT2D eigenvalue weighted by atomic mass is 32.2. The third-order valence-corrected chi connectivity index (χ3v) is 4.66. The number of rotatable bonds is 4. The quantitative estimate of drug-likeness (QED) is 0.735. The number of anilines is 1. The predicted octanol–water partition coefficient (Wildman–Crippen LogP) is 3.69. The molecule has 1 aliphatic heterocycles. The molecule has 1 N–H and O–H groups in total.